The molecule has 1 N–H and O–H groups in total. The summed E-state index contributed by atoms with van der Waals surface area (Å²) in [4.78, 5) is 11.5. The van der Waals surface area contributed by atoms with Gasteiger partial charge in [0.15, 0.2) is 5.88 Å². The van der Waals surface area contributed by atoms with E-state index in [4.69, 9.17) is 0 Å². The topological polar surface area (TPSA) is 42.2 Å². The van der Waals surface area contributed by atoms with Gasteiger partial charge < -0.3 is 5.11 Å². The van der Waals surface area contributed by atoms with Crippen molar-refractivity contribution in [2.45, 2.75) is 40.2 Å². The van der Waals surface area contributed by atoms with Crippen molar-refractivity contribution in [2.75, 3.05) is 0 Å². The fourth-order valence-electron chi connectivity index (χ4n) is 1.39. The van der Waals surface area contributed by atoms with Crippen LogP contribution in [0.2, 0.25) is 0 Å². The van der Waals surface area contributed by atoms with Gasteiger partial charge >= 0.3 is 0 Å². The summed E-state index contributed by atoms with van der Waals surface area (Å²) in [6.07, 6.45) is 1.93. The van der Waals surface area contributed by atoms with E-state index in [1.807, 2.05) is 13.8 Å². The van der Waals surface area contributed by atoms with Crippen LogP contribution in [-0.4, -0.2) is 9.67 Å². The Morgan fingerprint density at radius 2 is 2.07 bits per heavy atom. The Kier molecular flexibility index (Phi) is 3.33. The minimum absolute atomic E-state index is 0.112. The number of aromatic nitrogens is 1. The quantitative estimate of drug-likeness (QED) is 0.801. The zero-order chi connectivity index (χ0) is 10.7. The Balaban J connectivity index is 3.16. The first kappa shape index (κ1) is 10.8. The van der Waals surface area contributed by atoms with E-state index in [1.54, 1.807) is 6.07 Å². The molecule has 0 radical (unpaired) electrons. The highest BCUT2D eigenvalue weighted by Gasteiger charge is 2.07. The van der Waals surface area contributed by atoms with Crippen LogP contribution in [0.15, 0.2) is 10.9 Å². The van der Waals surface area contributed by atoms with E-state index in [0.29, 0.717) is 6.54 Å². The number of nitrogens with zero attached hydrogens (tertiary/aromatic N) is 1. The second kappa shape index (κ2) is 4.31. The lowest BCUT2D eigenvalue weighted by Crippen LogP contribution is -2.20. The third-order valence-corrected chi connectivity index (χ3v) is 2.52. The van der Waals surface area contributed by atoms with E-state index >= 15 is 0 Å². The van der Waals surface area contributed by atoms with Gasteiger partial charge in [0.05, 0.1) is 0 Å². The normalized spacial score (nSPS) is 10.5. The van der Waals surface area contributed by atoms with Crippen LogP contribution in [0, 0.1) is 13.8 Å². The number of rotatable bonds is 3. The zero-order valence-corrected chi connectivity index (χ0v) is 9.00. The van der Waals surface area contributed by atoms with E-state index in [2.05, 4.69) is 6.92 Å². The van der Waals surface area contributed by atoms with Gasteiger partial charge in [0.1, 0.15) is 0 Å². The number of aryl methyl sites for hydroxylation is 1. The second-order valence-corrected chi connectivity index (χ2v) is 3.62. The molecule has 3 nitrogen and oxygen atoms in total. The summed E-state index contributed by atoms with van der Waals surface area (Å²) in [5.41, 5.74) is 1.53. The van der Waals surface area contributed by atoms with Crippen LogP contribution in [-0.2, 0) is 6.54 Å². The van der Waals surface area contributed by atoms with Gasteiger partial charge in [0, 0.05) is 18.2 Å². The van der Waals surface area contributed by atoms with E-state index < -0.39 is 0 Å². The van der Waals surface area contributed by atoms with Crippen LogP contribution < -0.4 is 5.56 Å². The van der Waals surface area contributed by atoms with E-state index in [0.717, 1.165) is 24.0 Å². The summed E-state index contributed by atoms with van der Waals surface area (Å²) >= 11 is 0. The Morgan fingerprint density at radius 1 is 1.43 bits per heavy atom. The average molecular weight is 195 g/mol. The number of hydrogen-bond acceptors (Lipinski definition) is 2. The minimum atomic E-state index is -0.112. The first-order valence-corrected chi connectivity index (χ1v) is 4.98. The van der Waals surface area contributed by atoms with Crippen molar-refractivity contribution in [1.82, 2.24) is 4.57 Å². The molecule has 0 aliphatic heterocycles. The van der Waals surface area contributed by atoms with Crippen LogP contribution in [0.1, 0.15) is 30.9 Å². The van der Waals surface area contributed by atoms with E-state index in [1.165, 1.54) is 4.57 Å². The molecule has 0 fully saturated rings. The van der Waals surface area contributed by atoms with Gasteiger partial charge in [-0.15, -0.1) is 0 Å². The van der Waals surface area contributed by atoms with E-state index in [-0.39, 0.29) is 11.4 Å². The number of unbranched alkanes of at least 4 members (excludes halogenated alkanes) is 1. The predicted octanol–water partition coefficient (Wildman–Crippen LogP) is 1.97. The fraction of sp³-hybridized carbons (Fsp3) is 0.545. The largest absolute Gasteiger partial charge is 0.494 e. The lowest BCUT2D eigenvalue weighted by molar-refractivity contribution is 0.396. The highest BCUT2D eigenvalue weighted by Crippen LogP contribution is 2.17. The third kappa shape index (κ3) is 1.97. The molecule has 0 amide bonds. The second-order valence-electron chi connectivity index (χ2n) is 3.62. The predicted molar refractivity (Wildman–Crippen MR) is 56.7 cm³/mol. The lowest BCUT2D eigenvalue weighted by Gasteiger charge is -2.11. The smallest absolute Gasteiger partial charge is 0.253 e. The zero-order valence-electron chi connectivity index (χ0n) is 9.00. The lowest BCUT2D eigenvalue weighted by atomic mass is 10.1. The summed E-state index contributed by atoms with van der Waals surface area (Å²) in [7, 11) is 0. The van der Waals surface area contributed by atoms with Gasteiger partial charge in [-0.05, 0) is 25.8 Å². The van der Waals surface area contributed by atoms with Crippen LogP contribution in [0.3, 0.4) is 0 Å². The van der Waals surface area contributed by atoms with Crippen LogP contribution in [0.4, 0.5) is 0 Å². The van der Waals surface area contributed by atoms with Crippen molar-refractivity contribution in [1.29, 1.82) is 0 Å². The standard InChI is InChI=1S/C11H17NO2/c1-4-5-6-12-10(13)7-8(2)9(3)11(12)14/h7,14H,4-6H2,1-3H3. The molecule has 0 atom stereocenters. The van der Waals surface area contributed by atoms with Gasteiger partial charge in [-0.25, -0.2) is 0 Å². The van der Waals surface area contributed by atoms with Crippen molar-refractivity contribution in [3.8, 4) is 5.88 Å². The Labute approximate surface area is 84.0 Å². The molecule has 1 aromatic rings. The van der Waals surface area contributed by atoms with Crippen LogP contribution >= 0.6 is 0 Å². The molecule has 1 heterocycles. The molecule has 1 aromatic heterocycles. The molecule has 0 saturated heterocycles. The molecule has 0 unspecified atom stereocenters. The first-order chi connectivity index (χ1) is 6.57. The van der Waals surface area contributed by atoms with Crippen molar-refractivity contribution in [3.63, 3.8) is 0 Å². The first-order valence-electron chi connectivity index (χ1n) is 4.98. The SMILES string of the molecule is CCCCn1c(O)c(C)c(C)cc1=O. The molecule has 0 saturated carbocycles. The maximum Gasteiger partial charge on any atom is 0.253 e. The summed E-state index contributed by atoms with van der Waals surface area (Å²) in [5, 5.41) is 9.75. The van der Waals surface area contributed by atoms with Crippen molar-refractivity contribution in [3.05, 3.63) is 27.5 Å². The molecule has 0 spiro atoms. The van der Waals surface area contributed by atoms with Gasteiger partial charge in [-0.3, -0.25) is 9.36 Å². The molecule has 14 heavy (non-hydrogen) atoms. The summed E-state index contributed by atoms with van der Waals surface area (Å²) in [6, 6.07) is 1.57. The maximum absolute atomic E-state index is 11.5. The van der Waals surface area contributed by atoms with Crippen LogP contribution in [0.25, 0.3) is 0 Å². The molecule has 0 bridgehead atoms. The van der Waals surface area contributed by atoms with Gasteiger partial charge in [0.25, 0.3) is 5.56 Å². The van der Waals surface area contributed by atoms with Crippen LogP contribution in [0.5, 0.6) is 5.88 Å². The fourth-order valence-corrected chi connectivity index (χ4v) is 1.39. The van der Waals surface area contributed by atoms with Crippen molar-refractivity contribution in [2.24, 2.45) is 0 Å². The summed E-state index contributed by atoms with van der Waals surface area (Å²) in [5.74, 6) is 0.114. The average Bonchev–Trinajstić information content (AvgIpc) is 2.14. The molecular weight excluding hydrogens is 178 g/mol. The number of hydrogen-bond donors (Lipinski definition) is 1. The van der Waals surface area contributed by atoms with Crippen molar-refractivity contribution >= 4 is 0 Å². The molecule has 78 valence electrons. The number of aromatic hydroxyl groups is 1. The monoisotopic (exact) mass is 195 g/mol. The van der Waals surface area contributed by atoms with Crippen molar-refractivity contribution < 1.29 is 5.11 Å². The molecular formula is C11H17NO2. The molecule has 0 aromatic carbocycles. The van der Waals surface area contributed by atoms with Gasteiger partial charge in [0.2, 0.25) is 0 Å². The Bertz CT molecular complexity index is 380. The summed E-state index contributed by atoms with van der Waals surface area (Å²) < 4.78 is 1.44. The molecule has 1 rings (SSSR count). The van der Waals surface area contributed by atoms with Gasteiger partial charge in [-0.1, -0.05) is 13.3 Å². The maximum atomic E-state index is 11.5. The summed E-state index contributed by atoms with van der Waals surface area (Å²) in [6.45, 7) is 6.32. The highest BCUT2D eigenvalue weighted by molar-refractivity contribution is 5.32. The highest BCUT2D eigenvalue weighted by atomic mass is 16.3. The number of pyridine rings is 1. The molecule has 0 aliphatic rings. The minimum Gasteiger partial charge on any atom is -0.494 e. The third-order valence-electron chi connectivity index (χ3n) is 2.52. The Morgan fingerprint density at radius 3 is 2.64 bits per heavy atom. The van der Waals surface area contributed by atoms with Gasteiger partial charge in [-0.2, -0.15) is 0 Å². The Hall–Kier alpha value is -1.25. The molecule has 3 heteroatoms. The van der Waals surface area contributed by atoms with E-state index in [9.17, 15) is 9.90 Å². The molecule has 0 aliphatic carbocycles.